The van der Waals surface area contributed by atoms with Gasteiger partial charge in [-0.25, -0.2) is 9.18 Å². The number of nitrogens with one attached hydrogen (secondary N) is 1. The monoisotopic (exact) mass is 348 g/mol. The molecule has 1 N–H and O–H groups in total. The number of carbonyl (C=O) groups is 1. The van der Waals surface area contributed by atoms with Gasteiger partial charge in [0.15, 0.2) is 5.58 Å². The van der Waals surface area contributed by atoms with E-state index in [1.807, 2.05) is 6.07 Å². The molecule has 3 aromatic rings. The fourth-order valence-electron chi connectivity index (χ4n) is 2.46. The van der Waals surface area contributed by atoms with Crippen molar-refractivity contribution in [2.75, 3.05) is 6.54 Å². The third-order valence-corrected chi connectivity index (χ3v) is 4.06. The van der Waals surface area contributed by atoms with Gasteiger partial charge in [0.2, 0.25) is 0 Å². The number of carbonyl (C=O) groups excluding carboxylic acids is 1. The topological polar surface area (TPSA) is 64.2 Å². The Bertz CT molecular complexity index is 957. The molecule has 3 rings (SSSR count). The lowest BCUT2D eigenvalue weighted by molar-refractivity contribution is 0.0950. The molecular weight excluding hydrogens is 335 g/mol. The van der Waals surface area contributed by atoms with Crippen molar-refractivity contribution >= 4 is 28.6 Å². The Kier molecular flexibility index (Phi) is 4.40. The molecule has 0 radical (unpaired) electrons. The lowest BCUT2D eigenvalue weighted by atomic mass is 10.1. The molecule has 1 amide bonds. The Balaban J connectivity index is 1.68. The highest BCUT2D eigenvalue weighted by atomic mass is 35.5. The van der Waals surface area contributed by atoms with Crippen LogP contribution < -0.4 is 11.1 Å². The van der Waals surface area contributed by atoms with Gasteiger partial charge in [0.05, 0.1) is 16.1 Å². The normalized spacial score (nSPS) is 11.0. The molecule has 124 valence electrons. The van der Waals surface area contributed by atoms with Crippen molar-refractivity contribution in [2.24, 2.45) is 7.05 Å². The number of halogens is 2. The van der Waals surface area contributed by atoms with Crippen molar-refractivity contribution in [3.05, 3.63) is 68.9 Å². The minimum absolute atomic E-state index is 0.0694. The van der Waals surface area contributed by atoms with Gasteiger partial charge in [-0.1, -0.05) is 23.7 Å². The van der Waals surface area contributed by atoms with Crippen LogP contribution in [0.1, 0.15) is 15.9 Å². The van der Waals surface area contributed by atoms with Crippen LogP contribution >= 0.6 is 11.6 Å². The van der Waals surface area contributed by atoms with E-state index in [9.17, 15) is 14.0 Å². The van der Waals surface area contributed by atoms with Gasteiger partial charge in [-0.2, -0.15) is 0 Å². The summed E-state index contributed by atoms with van der Waals surface area (Å²) in [5.41, 5.74) is 1.91. The van der Waals surface area contributed by atoms with Crippen LogP contribution in [-0.2, 0) is 13.5 Å². The van der Waals surface area contributed by atoms with E-state index in [1.54, 1.807) is 19.2 Å². The standard InChI is InChI=1S/C17H14ClFN2O3/c1-21-13-6-5-10(9-14(13)24-17(21)23)7-8-20-16(22)15-11(18)3-2-4-12(15)19/h2-6,9H,7-8H2,1H3,(H,20,22). The molecule has 0 saturated carbocycles. The lowest BCUT2D eigenvalue weighted by Gasteiger charge is -2.08. The molecule has 1 aromatic heterocycles. The number of rotatable bonds is 4. The van der Waals surface area contributed by atoms with E-state index in [0.29, 0.717) is 24.1 Å². The molecule has 0 fully saturated rings. The lowest BCUT2D eigenvalue weighted by Crippen LogP contribution is -2.26. The Morgan fingerprint density at radius 1 is 1.33 bits per heavy atom. The zero-order chi connectivity index (χ0) is 17.3. The molecule has 24 heavy (non-hydrogen) atoms. The zero-order valence-corrected chi connectivity index (χ0v) is 13.6. The number of benzene rings is 2. The molecule has 0 aliphatic heterocycles. The van der Waals surface area contributed by atoms with E-state index >= 15 is 0 Å². The molecule has 0 aliphatic rings. The number of nitrogens with zero attached hydrogens (tertiary/aromatic N) is 1. The summed E-state index contributed by atoms with van der Waals surface area (Å²) in [6.07, 6.45) is 0.506. The summed E-state index contributed by atoms with van der Waals surface area (Å²) >= 11 is 5.86. The minimum Gasteiger partial charge on any atom is -0.408 e. The third-order valence-electron chi connectivity index (χ3n) is 3.75. The predicted molar refractivity (Wildman–Crippen MR) is 88.9 cm³/mol. The molecule has 0 bridgehead atoms. The second-order valence-corrected chi connectivity index (χ2v) is 5.74. The first-order valence-electron chi connectivity index (χ1n) is 7.28. The molecule has 0 saturated heterocycles. The van der Waals surface area contributed by atoms with Gasteiger partial charge in [-0.05, 0) is 36.2 Å². The number of oxazole rings is 1. The zero-order valence-electron chi connectivity index (χ0n) is 12.8. The van der Waals surface area contributed by atoms with E-state index in [4.69, 9.17) is 16.0 Å². The van der Waals surface area contributed by atoms with Crippen LogP contribution in [0.15, 0.2) is 45.6 Å². The second kappa shape index (κ2) is 6.49. The average Bonchev–Trinajstić information content (AvgIpc) is 2.81. The van der Waals surface area contributed by atoms with Crippen LogP contribution in [-0.4, -0.2) is 17.0 Å². The maximum absolute atomic E-state index is 13.7. The smallest absolute Gasteiger partial charge is 0.408 e. The summed E-state index contributed by atoms with van der Waals surface area (Å²) in [6, 6.07) is 9.47. The molecule has 0 unspecified atom stereocenters. The fourth-order valence-corrected chi connectivity index (χ4v) is 2.71. The first-order chi connectivity index (χ1) is 11.5. The number of aromatic nitrogens is 1. The highest BCUT2D eigenvalue weighted by molar-refractivity contribution is 6.33. The summed E-state index contributed by atoms with van der Waals surface area (Å²) in [6.45, 7) is 0.298. The number of aryl methyl sites for hydroxylation is 1. The van der Waals surface area contributed by atoms with E-state index in [2.05, 4.69) is 5.32 Å². The van der Waals surface area contributed by atoms with Crippen molar-refractivity contribution in [1.82, 2.24) is 9.88 Å². The van der Waals surface area contributed by atoms with Crippen molar-refractivity contribution < 1.29 is 13.6 Å². The van der Waals surface area contributed by atoms with Gasteiger partial charge >= 0.3 is 5.76 Å². The van der Waals surface area contributed by atoms with Gasteiger partial charge in [0.1, 0.15) is 5.82 Å². The largest absolute Gasteiger partial charge is 0.419 e. The SMILES string of the molecule is Cn1c(=O)oc2cc(CCNC(=O)c3c(F)cccc3Cl)ccc21. The van der Waals surface area contributed by atoms with Crippen molar-refractivity contribution in [1.29, 1.82) is 0 Å². The molecule has 0 spiro atoms. The van der Waals surface area contributed by atoms with Crippen molar-refractivity contribution in [3.63, 3.8) is 0 Å². The summed E-state index contributed by atoms with van der Waals surface area (Å²) in [5, 5.41) is 2.70. The van der Waals surface area contributed by atoms with Crippen LogP contribution in [0.4, 0.5) is 4.39 Å². The molecule has 5 nitrogen and oxygen atoms in total. The number of hydrogen-bond donors (Lipinski definition) is 1. The van der Waals surface area contributed by atoms with Crippen LogP contribution in [0.5, 0.6) is 0 Å². The number of hydrogen-bond acceptors (Lipinski definition) is 3. The first kappa shape index (κ1) is 16.3. The van der Waals surface area contributed by atoms with Crippen molar-refractivity contribution in [3.8, 4) is 0 Å². The molecule has 2 aromatic carbocycles. The highest BCUT2D eigenvalue weighted by Crippen LogP contribution is 2.19. The first-order valence-corrected chi connectivity index (χ1v) is 7.66. The molecule has 0 aliphatic carbocycles. The molecule has 1 heterocycles. The van der Waals surface area contributed by atoms with Crippen LogP contribution in [0.2, 0.25) is 5.02 Å². The van der Waals surface area contributed by atoms with Crippen LogP contribution in [0, 0.1) is 5.82 Å². The van der Waals surface area contributed by atoms with Gasteiger partial charge in [-0.15, -0.1) is 0 Å². The Morgan fingerprint density at radius 2 is 2.12 bits per heavy atom. The maximum Gasteiger partial charge on any atom is 0.419 e. The van der Waals surface area contributed by atoms with E-state index < -0.39 is 17.5 Å². The van der Waals surface area contributed by atoms with Crippen LogP contribution in [0.25, 0.3) is 11.1 Å². The molecular formula is C17H14ClFN2O3. The number of fused-ring (bicyclic) bond motifs is 1. The van der Waals surface area contributed by atoms with Gasteiger partial charge in [-0.3, -0.25) is 9.36 Å². The van der Waals surface area contributed by atoms with E-state index in [1.165, 1.54) is 22.8 Å². The number of amides is 1. The quantitative estimate of drug-likeness (QED) is 0.788. The van der Waals surface area contributed by atoms with Crippen LogP contribution in [0.3, 0.4) is 0 Å². The third kappa shape index (κ3) is 3.05. The van der Waals surface area contributed by atoms with E-state index in [-0.39, 0.29) is 10.6 Å². The molecule has 7 heteroatoms. The Labute approximate surface area is 141 Å². The Hall–Kier alpha value is -2.60. The second-order valence-electron chi connectivity index (χ2n) is 5.33. The van der Waals surface area contributed by atoms with E-state index in [0.717, 1.165) is 5.56 Å². The maximum atomic E-state index is 13.7. The van der Waals surface area contributed by atoms with Crippen molar-refractivity contribution in [2.45, 2.75) is 6.42 Å². The summed E-state index contributed by atoms with van der Waals surface area (Å²) < 4.78 is 20.2. The Morgan fingerprint density at radius 3 is 2.88 bits per heavy atom. The summed E-state index contributed by atoms with van der Waals surface area (Å²) in [4.78, 5) is 23.5. The van der Waals surface area contributed by atoms with Gasteiger partial charge in [0, 0.05) is 13.6 Å². The predicted octanol–water partition coefficient (Wildman–Crippen LogP) is 2.90. The van der Waals surface area contributed by atoms with Gasteiger partial charge in [0.25, 0.3) is 5.91 Å². The highest BCUT2D eigenvalue weighted by Gasteiger charge is 2.15. The minimum atomic E-state index is -0.660. The van der Waals surface area contributed by atoms with Gasteiger partial charge < -0.3 is 9.73 Å². The summed E-state index contributed by atoms with van der Waals surface area (Å²) in [5.74, 6) is -1.65. The summed E-state index contributed by atoms with van der Waals surface area (Å²) in [7, 11) is 1.63. The molecule has 0 atom stereocenters. The fraction of sp³-hybridized carbons (Fsp3) is 0.176. The average molecular weight is 349 g/mol.